The van der Waals surface area contributed by atoms with E-state index in [4.69, 9.17) is 4.74 Å². The smallest absolute Gasteiger partial charge is 0.331 e. The second-order valence-electron chi connectivity index (χ2n) is 3.20. The molecule has 1 aliphatic rings. The highest BCUT2D eigenvalue weighted by Crippen LogP contribution is 2.39. The van der Waals surface area contributed by atoms with Gasteiger partial charge in [-0.05, 0) is 31.9 Å². The Balaban J connectivity index is 3.00. The van der Waals surface area contributed by atoms with Crippen LogP contribution in [0.5, 0.6) is 0 Å². The summed E-state index contributed by atoms with van der Waals surface area (Å²) in [6.45, 7) is 5.96. The molecule has 2 nitrogen and oxygen atoms in total. The molecular formula is C11H13BrO2. The first-order valence-corrected chi connectivity index (χ1v) is 5.29. The van der Waals surface area contributed by atoms with Gasteiger partial charge in [0.15, 0.2) is 4.32 Å². The summed E-state index contributed by atoms with van der Waals surface area (Å²) in [6, 6.07) is 0. The van der Waals surface area contributed by atoms with E-state index in [9.17, 15) is 4.79 Å². The van der Waals surface area contributed by atoms with Crippen molar-refractivity contribution in [3.8, 4) is 0 Å². The maximum atomic E-state index is 11.8. The van der Waals surface area contributed by atoms with Gasteiger partial charge in [-0.3, -0.25) is 0 Å². The summed E-state index contributed by atoms with van der Waals surface area (Å²) in [6.07, 6.45) is 6.56. The Labute approximate surface area is 93.1 Å². The second-order valence-corrected chi connectivity index (χ2v) is 4.39. The van der Waals surface area contributed by atoms with Gasteiger partial charge in [-0.15, -0.1) is 0 Å². The van der Waals surface area contributed by atoms with E-state index in [1.165, 1.54) is 0 Å². The summed E-state index contributed by atoms with van der Waals surface area (Å²) in [5.74, 6) is -0.260. The molecule has 0 aromatic carbocycles. The highest BCUT2D eigenvalue weighted by atomic mass is 79.9. The predicted octanol–water partition coefficient (Wildman–Crippen LogP) is 2.67. The third-order valence-electron chi connectivity index (χ3n) is 2.24. The monoisotopic (exact) mass is 256 g/mol. The molecule has 0 amide bonds. The lowest BCUT2D eigenvalue weighted by Crippen LogP contribution is -2.37. The first-order valence-electron chi connectivity index (χ1n) is 4.50. The van der Waals surface area contributed by atoms with Gasteiger partial charge in [-0.25, -0.2) is 4.79 Å². The zero-order valence-corrected chi connectivity index (χ0v) is 10.1. The highest BCUT2D eigenvalue weighted by molar-refractivity contribution is 9.10. The van der Waals surface area contributed by atoms with Crippen LogP contribution in [0.15, 0.2) is 23.3 Å². The van der Waals surface area contributed by atoms with E-state index < -0.39 is 4.32 Å². The zero-order chi connectivity index (χ0) is 10.8. The van der Waals surface area contributed by atoms with Gasteiger partial charge in [0.25, 0.3) is 0 Å². The molecule has 76 valence electrons. The van der Waals surface area contributed by atoms with Crippen LogP contribution in [-0.2, 0) is 9.53 Å². The van der Waals surface area contributed by atoms with E-state index in [1.807, 2.05) is 13.8 Å². The molecule has 0 bridgehead atoms. The second kappa shape index (κ2) is 4.30. The van der Waals surface area contributed by atoms with Crippen LogP contribution in [0.3, 0.4) is 0 Å². The van der Waals surface area contributed by atoms with Crippen molar-refractivity contribution in [3.05, 3.63) is 29.7 Å². The summed E-state index contributed by atoms with van der Waals surface area (Å²) in [4.78, 5) is 11.8. The van der Waals surface area contributed by atoms with Crippen LogP contribution >= 0.6 is 15.9 Å². The number of hydrogen-bond donors (Lipinski definition) is 0. The van der Waals surface area contributed by atoms with Gasteiger partial charge in [-0.2, -0.15) is 0 Å². The fourth-order valence-electron chi connectivity index (χ4n) is 1.35. The van der Waals surface area contributed by atoms with Crippen LogP contribution in [0.2, 0.25) is 0 Å². The fourth-order valence-corrected chi connectivity index (χ4v) is 1.70. The Morgan fingerprint density at radius 3 is 2.43 bits per heavy atom. The minimum Gasteiger partial charge on any atom is -0.464 e. The number of ether oxygens (including phenoxy) is 1. The standard InChI is InChI=1S/C11H13BrO2/c1-4-14-10(13)11(12)8(2)6-5-7-9(11)3/h6-7H,4H2,1-3H3. The fraction of sp³-hybridized carbons (Fsp3) is 0.455. The van der Waals surface area contributed by atoms with E-state index in [2.05, 4.69) is 22.4 Å². The number of alkyl halides is 1. The Bertz CT molecular complexity index is 284. The molecule has 0 N–H and O–H groups in total. The third-order valence-corrected chi connectivity index (χ3v) is 3.82. The van der Waals surface area contributed by atoms with Crippen molar-refractivity contribution >= 4 is 21.9 Å². The molecule has 0 unspecified atom stereocenters. The van der Waals surface area contributed by atoms with Crippen LogP contribution in [0.4, 0.5) is 0 Å². The van der Waals surface area contributed by atoms with Gasteiger partial charge in [-0.1, -0.05) is 28.1 Å². The van der Waals surface area contributed by atoms with Gasteiger partial charge in [0, 0.05) is 6.42 Å². The van der Waals surface area contributed by atoms with Gasteiger partial charge >= 0.3 is 5.97 Å². The van der Waals surface area contributed by atoms with Crippen molar-refractivity contribution in [2.75, 3.05) is 6.61 Å². The third kappa shape index (κ3) is 1.78. The molecule has 1 rings (SSSR count). The molecule has 0 fully saturated rings. The average Bonchev–Trinajstić information content (AvgIpc) is 2.14. The molecule has 0 saturated carbocycles. The van der Waals surface area contributed by atoms with Crippen LogP contribution in [-0.4, -0.2) is 16.9 Å². The molecule has 0 spiro atoms. The van der Waals surface area contributed by atoms with Gasteiger partial charge in [0.2, 0.25) is 0 Å². The van der Waals surface area contributed by atoms with Gasteiger partial charge in [0.1, 0.15) is 0 Å². The molecule has 0 heterocycles. The summed E-state index contributed by atoms with van der Waals surface area (Å²) in [5, 5.41) is 0. The predicted molar refractivity (Wildman–Crippen MR) is 59.0 cm³/mol. The van der Waals surface area contributed by atoms with Crippen molar-refractivity contribution in [2.45, 2.75) is 25.1 Å². The first-order chi connectivity index (χ1) is 6.53. The van der Waals surface area contributed by atoms with E-state index in [0.29, 0.717) is 6.61 Å². The van der Waals surface area contributed by atoms with Crippen LogP contribution in [0.1, 0.15) is 20.8 Å². The molecular weight excluding hydrogens is 244 g/mol. The largest absolute Gasteiger partial charge is 0.464 e. The van der Waals surface area contributed by atoms with E-state index >= 15 is 0 Å². The SMILES string of the molecule is CCOC(=O)C1(Br)C(C)=C[C]C=C1C. The number of halogens is 1. The maximum absolute atomic E-state index is 11.8. The summed E-state index contributed by atoms with van der Waals surface area (Å²) >= 11 is 3.44. The Kier molecular flexibility index (Phi) is 3.53. The van der Waals surface area contributed by atoms with E-state index in [-0.39, 0.29) is 5.97 Å². The first kappa shape index (κ1) is 11.5. The van der Waals surface area contributed by atoms with Crippen LogP contribution in [0.25, 0.3) is 0 Å². The van der Waals surface area contributed by atoms with Crippen LogP contribution in [0, 0.1) is 6.42 Å². The molecule has 0 aromatic rings. The minimum absolute atomic E-state index is 0.260. The van der Waals surface area contributed by atoms with E-state index in [0.717, 1.165) is 11.1 Å². The summed E-state index contributed by atoms with van der Waals surface area (Å²) < 4.78 is 4.25. The van der Waals surface area contributed by atoms with Crippen molar-refractivity contribution in [1.29, 1.82) is 0 Å². The number of carbonyl (C=O) groups is 1. The molecule has 1 aliphatic carbocycles. The number of esters is 1. The number of carbonyl (C=O) groups excluding carboxylic acids is 1. The Morgan fingerprint density at radius 1 is 1.50 bits per heavy atom. The summed E-state index contributed by atoms with van der Waals surface area (Å²) in [7, 11) is 0. The topological polar surface area (TPSA) is 26.3 Å². The zero-order valence-electron chi connectivity index (χ0n) is 8.56. The number of hydrogen-bond acceptors (Lipinski definition) is 2. The molecule has 14 heavy (non-hydrogen) atoms. The molecule has 0 aromatic heterocycles. The van der Waals surface area contributed by atoms with Crippen molar-refractivity contribution < 1.29 is 9.53 Å². The molecule has 0 saturated heterocycles. The Morgan fingerprint density at radius 2 is 2.00 bits per heavy atom. The van der Waals surface area contributed by atoms with Crippen molar-refractivity contribution in [3.63, 3.8) is 0 Å². The highest BCUT2D eigenvalue weighted by Gasteiger charge is 2.41. The lowest BCUT2D eigenvalue weighted by molar-refractivity contribution is -0.143. The van der Waals surface area contributed by atoms with Gasteiger partial charge in [0.05, 0.1) is 6.61 Å². The molecule has 2 radical (unpaired) electrons. The van der Waals surface area contributed by atoms with Gasteiger partial charge < -0.3 is 4.74 Å². The summed E-state index contributed by atoms with van der Waals surface area (Å²) in [5.41, 5.74) is 1.80. The lowest BCUT2D eigenvalue weighted by atomic mass is 9.87. The van der Waals surface area contributed by atoms with E-state index in [1.54, 1.807) is 19.1 Å². The number of allylic oxidation sites excluding steroid dienone is 2. The molecule has 0 atom stereocenters. The minimum atomic E-state index is -0.783. The van der Waals surface area contributed by atoms with Crippen LogP contribution < -0.4 is 0 Å². The Hall–Kier alpha value is -0.570. The van der Waals surface area contributed by atoms with Crippen molar-refractivity contribution in [2.24, 2.45) is 0 Å². The molecule has 0 aliphatic heterocycles. The van der Waals surface area contributed by atoms with Crippen molar-refractivity contribution in [1.82, 2.24) is 0 Å². The average molecular weight is 257 g/mol. The quantitative estimate of drug-likeness (QED) is 0.561. The number of rotatable bonds is 2. The maximum Gasteiger partial charge on any atom is 0.331 e. The molecule has 3 heteroatoms. The lowest BCUT2D eigenvalue weighted by Gasteiger charge is -2.29. The normalized spacial score (nSPS) is 19.7.